The Labute approximate surface area is 149 Å². The number of aromatic nitrogens is 1. The summed E-state index contributed by atoms with van der Waals surface area (Å²) in [6, 6.07) is 0. The zero-order valence-corrected chi connectivity index (χ0v) is 15.8. The van der Waals surface area contributed by atoms with Crippen molar-refractivity contribution in [2.24, 2.45) is 16.6 Å². The summed E-state index contributed by atoms with van der Waals surface area (Å²) < 4.78 is 5.30. The fourth-order valence-corrected chi connectivity index (χ4v) is 3.46. The van der Waals surface area contributed by atoms with Gasteiger partial charge in [-0.25, -0.2) is 4.98 Å². The summed E-state index contributed by atoms with van der Waals surface area (Å²) in [5.74, 6) is 1.20. The monoisotopic (exact) mass is 353 g/mol. The summed E-state index contributed by atoms with van der Waals surface area (Å²) >= 11 is 1.73. The van der Waals surface area contributed by atoms with Gasteiger partial charge in [-0.3, -0.25) is 9.89 Å². The van der Waals surface area contributed by atoms with Gasteiger partial charge in [0.25, 0.3) is 0 Å². The molecular weight excluding hydrogens is 322 g/mol. The molecule has 3 N–H and O–H groups in total. The van der Waals surface area contributed by atoms with Gasteiger partial charge in [-0.15, -0.1) is 11.3 Å². The van der Waals surface area contributed by atoms with Crippen molar-refractivity contribution in [3.8, 4) is 0 Å². The molecule has 0 aliphatic carbocycles. The number of nitrogens with zero attached hydrogens (tertiary/aromatic N) is 3. The Bertz CT molecular complexity index is 497. The van der Waals surface area contributed by atoms with Crippen LogP contribution in [0.1, 0.15) is 36.9 Å². The van der Waals surface area contributed by atoms with Crippen molar-refractivity contribution in [3.63, 3.8) is 0 Å². The van der Waals surface area contributed by atoms with Gasteiger partial charge in [-0.2, -0.15) is 0 Å². The van der Waals surface area contributed by atoms with Gasteiger partial charge in [0.05, 0.1) is 10.7 Å². The van der Waals surface area contributed by atoms with Crippen LogP contribution < -0.4 is 11.1 Å². The van der Waals surface area contributed by atoms with Crippen LogP contribution in [0.25, 0.3) is 0 Å². The zero-order chi connectivity index (χ0) is 17.2. The third-order valence-corrected chi connectivity index (χ3v) is 5.08. The van der Waals surface area contributed by atoms with E-state index in [1.807, 2.05) is 6.92 Å². The van der Waals surface area contributed by atoms with Crippen LogP contribution in [0.3, 0.4) is 0 Å². The second-order valence-electron chi connectivity index (χ2n) is 6.28. The van der Waals surface area contributed by atoms with E-state index in [9.17, 15) is 0 Å². The van der Waals surface area contributed by atoms with E-state index in [-0.39, 0.29) is 0 Å². The smallest absolute Gasteiger partial charge is 0.188 e. The van der Waals surface area contributed by atoms with Gasteiger partial charge in [0.1, 0.15) is 0 Å². The molecule has 0 unspecified atom stereocenters. The molecule has 1 aliphatic heterocycles. The number of nitrogens with one attached hydrogen (secondary N) is 1. The standard InChI is InChI=1S/C17H31N5OS/c1-3-23-10-4-7-19-17(18)20-11-15-5-8-22(9-6-15)12-16-13-24-14(2)21-16/h13,15H,3-12H2,1-2H3,(H3,18,19,20). The largest absolute Gasteiger partial charge is 0.382 e. The highest BCUT2D eigenvalue weighted by Gasteiger charge is 2.19. The molecule has 1 aliphatic rings. The minimum atomic E-state index is 0.562. The third kappa shape index (κ3) is 7.15. The van der Waals surface area contributed by atoms with Crippen molar-refractivity contribution < 1.29 is 4.74 Å². The van der Waals surface area contributed by atoms with Crippen LogP contribution in [0.5, 0.6) is 0 Å². The predicted molar refractivity (Wildman–Crippen MR) is 100 cm³/mol. The quantitative estimate of drug-likeness (QED) is 0.403. The van der Waals surface area contributed by atoms with Crippen molar-refractivity contribution in [1.29, 1.82) is 0 Å². The second-order valence-corrected chi connectivity index (χ2v) is 7.34. The van der Waals surface area contributed by atoms with Crippen LogP contribution in [-0.4, -0.2) is 55.2 Å². The molecule has 2 rings (SSSR count). The summed E-state index contributed by atoms with van der Waals surface area (Å²) in [6.07, 6.45) is 3.33. The molecule has 1 fully saturated rings. The highest BCUT2D eigenvalue weighted by atomic mass is 32.1. The molecule has 24 heavy (non-hydrogen) atoms. The Balaban J connectivity index is 1.59. The first-order chi connectivity index (χ1) is 11.7. The maximum atomic E-state index is 5.92. The zero-order valence-electron chi connectivity index (χ0n) is 15.0. The molecule has 6 nitrogen and oxygen atoms in total. The number of thiazole rings is 1. The van der Waals surface area contributed by atoms with Crippen molar-refractivity contribution in [2.75, 3.05) is 39.4 Å². The van der Waals surface area contributed by atoms with Gasteiger partial charge in [-0.05, 0) is 52.1 Å². The van der Waals surface area contributed by atoms with Crippen LogP contribution in [-0.2, 0) is 11.3 Å². The van der Waals surface area contributed by atoms with Crippen LogP contribution in [0.2, 0.25) is 0 Å². The molecule has 0 spiro atoms. The third-order valence-electron chi connectivity index (χ3n) is 4.25. The number of hydrogen-bond acceptors (Lipinski definition) is 5. The summed E-state index contributed by atoms with van der Waals surface area (Å²) in [5, 5.41) is 6.48. The van der Waals surface area contributed by atoms with Crippen LogP contribution in [0, 0.1) is 12.8 Å². The van der Waals surface area contributed by atoms with Gasteiger partial charge in [0, 0.05) is 38.2 Å². The fourth-order valence-electron chi connectivity index (χ4n) is 2.86. The Morgan fingerprint density at radius 3 is 2.96 bits per heavy atom. The van der Waals surface area contributed by atoms with E-state index in [1.165, 1.54) is 18.5 Å². The lowest BCUT2D eigenvalue weighted by molar-refractivity contribution is 0.145. The van der Waals surface area contributed by atoms with E-state index in [1.54, 1.807) is 11.3 Å². The Hall–Kier alpha value is -1.18. The fraction of sp³-hybridized carbons (Fsp3) is 0.765. The molecule has 1 saturated heterocycles. The molecule has 0 saturated carbocycles. The average molecular weight is 354 g/mol. The Kier molecular flexibility index (Phi) is 8.49. The predicted octanol–water partition coefficient (Wildman–Crippen LogP) is 1.99. The van der Waals surface area contributed by atoms with Crippen molar-refractivity contribution in [3.05, 3.63) is 16.1 Å². The summed E-state index contributed by atoms with van der Waals surface area (Å²) in [5.41, 5.74) is 7.12. The SMILES string of the molecule is CCOCCCNC(N)=NCC1CCN(Cc2csc(C)n2)CC1. The molecule has 1 aromatic heterocycles. The molecular formula is C17H31N5OS. The molecule has 2 heterocycles. The van der Waals surface area contributed by atoms with Crippen LogP contribution in [0.4, 0.5) is 0 Å². The van der Waals surface area contributed by atoms with E-state index >= 15 is 0 Å². The molecule has 0 amide bonds. The maximum absolute atomic E-state index is 5.92. The topological polar surface area (TPSA) is 75.8 Å². The maximum Gasteiger partial charge on any atom is 0.188 e. The lowest BCUT2D eigenvalue weighted by Crippen LogP contribution is -2.36. The first-order valence-electron chi connectivity index (χ1n) is 8.92. The number of nitrogens with two attached hydrogens (primary N) is 1. The van der Waals surface area contributed by atoms with Gasteiger partial charge in [0.2, 0.25) is 0 Å². The summed E-state index contributed by atoms with van der Waals surface area (Å²) in [6.45, 7) is 10.5. The Morgan fingerprint density at radius 2 is 2.29 bits per heavy atom. The van der Waals surface area contributed by atoms with Crippen LogP contribution >= 0.6 is 11.3 Å². The highest BCUT2D eigenvalue weighted by molar-refractivity contribution is 7.09. The van der Waals surface area contributed by atoms with Gasteiger partial charge in [-0.1, -0.05) is 0 Å². The van der Waals surface area contributed by atoms with Crippen molar-refractivity contribution >= 4 is 17.3 Å². The number of ether oxygens (including phenoxy) is 1. The number of piperidine rings is 1. The normalized spacial score (nSPS) is 17.3. The summed E-state index contributed by atoms with van der Waals surface area (Å²) in [7, 11) is 0. The molecule has 0 atom stereocenters. The number of hydrogen-bond donors (Lipinski definition) is 2. The van der Waals surface area contributed by atoms with E-state index in [0.29, 0.717) is 11.9 Å². The number of aliphatic imine (C=N–C) groups is 1. The van der Waals surface area contributed by atoms with E-state index in [4.69, 9.17) is 10.5 Å². The molecule has 7 heteroatoms. The summed E-state index contributed by atoms with van der Waals surface area (Å²) in [4.78, 5) is 11.5. The van der Waals surface area contributed by atoms with E-state index in [2.05, 4.69) is 32.5 Å². The minimum absolute atomic E-state index is 0.562. The van der Waals surface area contributed by atoms with E-state index in [0.717, 1.165) is 57.4 Å². The van der Waals surface area contributed by atoms with Crippen molar-refractivity contribution in [2.45, 2.75) is 39.7 Å². The Morgan fingerprint density at radius 1 is 1.50 bits per heavy atom. The van der Waals surface area contributed by atoms with Gasteiger partial charge >= 0.3 is 0 Å². The molecule has 136 valence electrons. The first kappa shape index (κ1) is 19.1. The molecule has 0 aromatic carbocycles. The first-order valence-corrected chi connectivity index (χ1v) is 9.80. The number of rotatable bonds is 9. The average Bonchev–Trinajstić information content (AvgIpc) is 2.99. The van der Waals surface area contributed by atoms with E-state index < -0.39 is 0 Å². The van der Waals surface area contributed by atoms with Gasteiger partial charge in [0.15, 0.2) is 5.96 Å². The number of guanidine groups is 1. The van der Waals surface area contributed by atoms with Gasteiger partial charge < -0.3 is 15.8 Å². The molecule has 0 bridgehead atoms. The lowest BCUT2D eigenvalue weighted by atomic mass is 9.97. The highest BCUT2D eigenvalue weighted by Crippen LogP contribution is 2.20. The number of likely N-dealkylation sites (tertiary alicyclic amines) is 1. The molecule has 0 radical (unpaired) electrons. The molecule has 1 aromatic rings. The minimum Gasteiger partial charge on any atom is -0.382 e. The van der Waals surface area contributed by atoms with Crippen LogP contribution in [0.15, 0.2) is 10.4 Å². The number of aryl methyl sites for hydroxylation is 1. The second kappa shape index (κ2) is 10.6. The lowest BCUT2D eigenvalue weighted by Gasteiger charge is -2.30. The van der Waals surface area contributed by atoms with Crippen molar-refractivity contribution in [1.82, 2.24) is 15.2 Å².